The molecule has 0 fully saturated rings. The van der Waals surface area contributed by atoms with Crippen molar-refractivity contribution in [1.82, 2.24) is 4.98 Å². The first-order valence-electron chi connectivity index (χ1n) is 9.63. The lowest BCUT2D eigenvalue weighted by Crippen LogP contribution is -2.34. The second-order valence-corrected chi connectivity index (χ2v) is 8.04. The van der Waals surface area contributed by atoms with E-state index >= 15 is 0 Å². The topological polar surface area (TPSA) is 127 Å². The fourth-order valence-electron chi connectivity index (χ4n) is 3.98. The number of carbonyl (C=O) groups excluding carboxylic acids is 1. The Labute approximate surface area is 173 Å². The van der Waals surface area contributed by atoms with Crippen LogP contribution in [-0.2, 0) is 5.41 Å². The van der Waals surface area contributed by atoms with Crippen LogP contribution < -0.4 is 4.74 Å². The van der Waals surface area contributed by atoms with E-state index in [0.29, 0.717) is 22.4 Å². The summed E-state index contributed by atoms with van der Waals surface area (Å²) in [6, 6.07) is 12.5. The van der Waals surface area contributed by atoms with Gasteiger partial charge in [0.25, 0.3) is 0 Å². The minimum Gasteiger partial charge on any atom is -0.491 e. The molecule has 4 rings (SSSR count). The largest absolute Gasteiger partial charge is 0.491 e. The number of aromatic nitrogens is 1. The summed E-state index contributed by atoms with van der Waals surface area (Å²) < 4.78 is 5.58. The van der Waals surface area contributed by atoms with Gasteiger partial charge < -0.3 is 25.0 Å². The molecule has 1 aliphatic rings. The van der Waals surface area contributed by atoms with E-state index < -0.39 is 24.2 Å². The molecule has 1 heterocycles. The quantitative estimate of drug-likeness (QED) is 0.513. The van der Waals surface area contributed by atoms with Crippen LogP contribution in [0.5, 0.6) is 5.75 Å². The molecular weight excluding hydrogens is 384 g/mol. The Morgan fingerprint density at radius 3 is 2.63 bits per heavy atom. The number of fused-ring (bicyclic) bond motifs is 4. The van der Waals surface area contributed by atoms with Crippen LogP contribution >= 0.6 is 0 Å². The second kappa shape index (κ2) is 7.26. The van der Waals surface area contributed by atoms with Crippen LogP contribution in [0.25, 0.3) is 10.9 Å². The number of aromatic amines is 1. The van der Waals surface area contributed by atoms with Gasteiger partial charge in [-0.15, -0.1) is 0 Å². The molecule has 0 amide bonds. The highest BCUT2D eigenvalue weighted by molar-refractivity contribution is 6.20. The third-order valence-electron chi connectivity index (χ3n) is 5.74. The number of rotatable bonds is 5. The third kappa shape index (κ3) is 3.06. The zero-order valence-electron chi connectivity index (χ0n) is 16.6. The number of aliphatic hydroxyl groups is 3. The third-order valence-corrected chi connectivity index (χ3v) is 5.74. The molecule has 4 N–H and O–H groups in total. The first-order chi connectivity index (χ1) is 14.3. The van der Waals surface area contributed by atoms with Gasteiger partial charge in [-0.1, -0.05) is 19.9 Å². The summed E-state index contributed by atoms with van der Waals surface area (Å²) in [5.41, 5.74) is 3.46. The number of ether oxygens (including phenoxy) is 1. The molecule has 1 unspecified atom stereocenters. The van der Waals surface area contributed by atoms with Gasteiger partial charge in [-0.2, -0.15) is 5.26 Å². The molecule has 0 saturated carbocycles. The van der Waals surface area contributed by atoms with Crippen LogP contribution in [0.3, 0.4) is 0 Å². The van der Waals surface area contributed by atoms with Crippen molar-refractivity contribution in [2.75, 3.05) is 13.2 Å². The number of nitrogens with one attached hydrogen (secondary N) is 1. The zero-order chi connectivity index (χ0) is 21.6. The number of carbonyl (C=O) groups is 1. The highest BCUT2D eigenvalue weighted by Crippen LogP contribution is 2.44. The van der Waals surface area contributed by atoms with Crippen LogP contribution in [0.4, 0.5) is 0 Å². The maximum absolute atomic E-state index is 13.3. The standard InChI is InChI=1S/C23H22N2O5/c1-23(2)16-8-13(30-11-19(28)18(27)10-26)4-6-14(16)21(29)20-15-5-3-12(9-24)7-17(15)25-22(20)23/h3-8,18-19,25-28H,10-11H2,1-2H3/t18?,19-/m1/s1. The molecule has 3 aromatic rings. The van der Waals surface area contributed by atoms with Crippen LogP contribution in [0.1, 0.15) is 46.6 Å². The number of nitrogens with zero attached hydrogens (tertiary/aromatic N) is 1. The van der Waals surface area contributed by atoms with Gasteiger partial charge in [-0.25, -0.2) is 0 Å². The Morgan fingerprint density at radius 1 is 1.17 bits per heavy atom. The Morgan fingerprint density at radius 2 is 1.93 bits per heavy atom. The Balaban J connectivity index is 1.75. The minimum absolute atomic E-state index is 0.0995. The molecule has 0 radical (unpaired) electrons. The summed E-state index contributed by atoms with van der Waals surface area (Å²) in [5.74, 6) is 0.350. The predicted molar refractivity (Wildman–Crippen MR) is 110 cm³/mol. The molecule has 154 valence electrons. The van der Waals surface area contributed by atoms with Crippen LogP contribution in [0, 0.1) is 11.3 Å². The highest BCUT2D eigenvalue weighted by Gasteiger charge is 2.39. The van der Waals surface area contributed by atoms with Crippen molar-refractivity contribution < 1.29 is 24.9 Å². The van der Waals surface area contributed by atoms with E-state index in [9.17, 15) is 20.3 Å². The van der Waals surface area contributed by atoms with Crippen LogP contribution in [0.15, 0.2) is 36.4 Å². The second-order valence-electron chi connectivity index (χ2n) is 8.04. The summed E-state index contributed by atoms with van der Waals surface area (Å²) in [4.78, 5) is 16.6. The van der Waals surface area contributed by atoms with E-state index in [2.05, 4.69) is 11.1 Å². The van der Waals surface area contributed by atoms with Crippen molar-refractivity contribution in [3.05, 3.63) is 64.3 Å². The van der Waals surface area contributed by atoms with E-state index in [1.165, 1.54) is 0 Å². The number of ketones is 1. The van der Waals surface area contributed by atoms with Gasteiger partial charge in [0.05, 0.1) is 23.8 Å². The first-order valence-corrected chi connectivity index (χ1v) is 9.63. The number of nitriles is 1. The van der Waals surface area contributed by atoms with Gasteiger partial charge in [0.2, 0.25) is 0 Å². The van der Waals surface area contributed by atoms with E-state index in [4.69, 9.17) is 9.84 Å². The molecule has 0 aliphatic heterocycles. The normalized spacial score (nSPS) is 16.5. The SMILES string of the molecule is CC1(C)c2cc(OC[C@@H](O)C(O)CO)ccc2C(=O)c2c1[nH]c1cc(C#N)ccc21. The maximum Gasteiger partial charge on any atom is 0.195 e. The molecule has 0 bridgehead atoms. The lowest BCUT2D eigenvalue weighted by atomic mass is 9.71. The van der Waals surface area contributed by atoms with Gasteiger partial charge in [0.1, 0.15) is 24.6 Å². The fourth-order valence-corrected chi connectivity index (χ4v) is 3.98. The van der Waals surface area contributed by atoms with Crippen LogP contribution in [0.2, 0.25) is 0 Å². The van der Waals surface area contributed by atoms with Crippen molar-refractivity contribution in [1.29, 1.82) is 5.26 Å². The van der Waals surface area contributed by atoms with Gasteiger partial charge in [-0.3, -0.25) is 4.79 Å². The first kappa shape index (κ1) is 20.1. The van der Waals surface area contributed by atoms with Crippen molar-refractivity contribution in [3.63, 3.8) is 0 Å². The smallest absolute Gasteiger partial charge is 0.195 e. The summed E-state index contributed by atoms with van der Waals surface area (Å²) in [6.07, 6.45) is -2.51. The summed E-state index contributed by atoms with van der Waals surface area (Å²) in [7, 11) is 0. The average Bonchev–Trinajstić information content (AvgIpc) is 3.15. The van der Waals surface area contributed by atoms with Crippen LogP contribution in [-0.4, -0.2) is 51.5 Å². The lowest BCUT2D eigenvalue weighted by molar-refractivity contribution is -0.0339. The van der Waals surface area contributed by atoms with E-state index in [1.54, 1.807) is 36.4 Å². The van der Waals surface area contributed by atoms with E-state index in [-0.39, 0.29) is 12.4 Å². The Kier molecular flexibility index (Phi) is 4.86. The number of benzene rings is 2. The number of H-pyrrole nitrogens is 1. The monoisotopic (exact) mass is 406 g/mol. The fraction of sp³-hybridized carbons (Fsp3) is 0.304. The zero-order valence-corrected chi connectivity index (χ0v) is 16.6. The highest BCUT2D eigenvalue weighted by atomic mass is 16.5. The van der Waals surface area contributed by atoms with Crippen molar-refractivity contribution in [3.8, 4) is 11.8 Å². The molecule has 2 atom stereocenters. The molecule has 2 aromatic carbocycles. The van der Waals surface area contributed by atoms with Gasteiger partial charge in [-0.05, 0) is 35.9 Å². The number of hydrogen-bond acceptors (Lipinski definition) is 6. The Bertz CT molecular complexity index is 1190. The molecule has 30 heavy (non-hydrogen) atoms. The van der Waals surface area contributed by atoms with Crippen molar-refractivity contribution >= 4 is 16.7 Å². The van der Waals surface area contributed by atoms with Crippen molar-refractivity contribution in [2.24, 2.45) is 0 Å². The molecule has 7 nitrogen and oxygen atoms in total. The summed E-state index contributed by atoms with van der Waals surface area (Å²) in [5, 5.41) is 38.2. The number of aliphatic hydroxyl groups excluding tert-OH is 3. The Hall–Kier alpha value is -3.18. The predicted octanol–water partition coefficient (Wildman–Crippen LogP) is 2.00. The van der Waals surface area contributed by atoms with E-state index in [0.717, 1.165) is 22.2 Å². The molecule has 7 heteroatoms. The van der Waals surface area contributed by atoms with E-state index in [1.807, 2.05) is 13.8 Å². The summed E-state index contributed by atoms with van der Waals surface area (Å²) in [6.45, 7) is 3.26. The molecular formula is C23H22N2O5. The number of hydrogen-bond donors (Lipinski definition) is 4. The van der Waals surface area contributed by atoms with Gasteiger partial charge in [0.15, 0.2) is 5.78 Å². The van der Waals surface area contributed by atoms with Crippen molar-refractivity contribution in [2.45, 2.75) is 31.5 Å². The van der Waals surface area contributed by atoms with Gasteiger partial charge in [0, 0.05) is 27.6 Å². The molecule has 1 aromatic heterocycles. The minimum atomic E-state index is -1.28. The molecule has 1 aliphatic carbocycles. The summed E-state index contributed by atoms with van der Waals surface area (Å²) >= 11 is 0. The maximum atomic E-state index is 13.3. The molecule has 0 spiro atoms. The van der Waals surface area contributed by atoms with Gasteiger partial charge >= 0.3 is 0 Å². The average molecular weight is 406 g/mol. The lowest BCUT2D eigenvalue weighted by Gasteiger charge is -2.32. The molecule has 0 saturated heterocycles.